The Balaban J connectivity index is 2.15. The highest BCUT2D eigenvalue weighted by Crippen LogP contribution is 2.32. The molecule has 100 valence electrons. The van der Waals surface area contributed by atoms with Crippen LogP contribution in [-0.4, -0.2) is 24.0 Å². The summed E-state index contributed by atoms with van der Waals surface area (Å²) in [7, 11) is 0. The van der Waals surface area contributed by atoms with Crippen LogP contribution in [0.2, 0.25) is 0 Å². The quantitative estimate of drug-likeness (QED) is 0.888. The Morgan fingerprint density at radius 3 is 2.61 bits per heavy atom. The zero-order valence-electron chi connectivity index (χ0n) is 12.1. The first-order chi connectivity index (χ1) is 8.52. The Bertz CT molecular complexity index is 414. The summed E-state index contributed by atoms with van der Waals surface area (Å²) in [5.74, 6) is 0.675. The largest absolute Gasteiger partial charge is 0.330 e. The van der Waals surface area contributed by atoms with Crippen molar-refractivity contribution in [2.45, 2.75) is 46.2 Å². The molecule has 0 radical (unpaired) electrons. The first-order valence-electron chi connectivity index (χ1n) is 7.06. The number of nitrogens with two attached hydrogens (primary N) is 1. The smallest absolute Gasteiger partial charge is 0.0322 e. The van der Waals surface area contributed by atoms with Gasteiger partial charge in [-0.2, -0.15) is 0 Å². The van der Waals surface area contributed by atoms with Gasteiger partial charge in [0.25, 0.3) is 0 Å². The molecular weight excluding hydrogens is 220 g/mol. The number of aryl methyl sites for hydroxylation is 2. The highest BCUT2D eigenvalue weighted by atomic mass is 15.2. The predicted molar refractivity (Wildman–Crippen MR) is 77.7 cm³/mol. The van der Waals surface area contributed by atoms with Crippen molar-refractivity contribution < 1.29 is 0 Å². The second kappa shape index (κ2) is 5.41. The van der Waals surface area contributed by atoms with Crippen molar-refractivity contribution in [3.05, 3.63) is 34.9 Å². The summed E-state index contributed by atoms with van der Waals surface area (Å²) in [5, 5.41) is 0. The fourth-order valence-electron chi connectivity index (χ4n) is 3.10. The molecule has 0 spiro atoms. The summed E-state index contributed by atoms with van der Waals surface area (Å²) in [6.45, 7) is 11.0. The van der Waals surface area contributed by atoms with E-state index >= 15 is 0 Å². The molecule has 1 aromatic carbocycles. The van der Waals surface area contributed by atoms with Crippen LogP contribution in [0.25, 0.3) is 0 Å². The summed E-state index contributed by atoms with van der Waals surface area (Å²) in [6, 6.07) is 7.99. The zero-order chi connectivity index (χ0) is 13.3. The molecule has 1 fully saturated rings. The van der Waals surface area contributed by atoms with Crippen LogP contribution < -0.4 is 5.73 Å². The van der Waals surface area contributed by atoms with Gasteiger partial charge >= 0.3 is 0 Å². The van der Waals surface area contributed by atoms with Gasteiger partial charge in [0.2, 0.25) is 0 Å². The standard InChI is InChI=1S/C16H26N2/c1-11-5-6-16(7-12(11)2)14(4)18-10-15(9-17)8-13(18)3/h5-7,13-15H,8-10,17H2,1-4H3. The maximum Gasteiger partial charge on any atom is 0.0322 e. The van der Waals surface area contributed by atoms with Gasteiger partial charge in [-0.3, -0.25) is 4.90 Å². The van der Waals surface area contributed by atoms with Crippen LogP contribution in [0.15, 0.2) is 18.2 Å². The van der Waals surface area contributed by atoms with Crippen molar-refractivity contribution in [1.82, 2.24) is 4.90 Å². The number of hydrogen-bond acceptors (Lipinski definition) is 2. The molecule has 3 atom stereocenters. The summed E-state index contributed by atoms with van der Waals surface area (Å²) >= 11 is 0. The number of hydrogen-bond donors (Lipinski definition) is 1. The second-order valence-electron chi connectivity index (χ2n) is 5.90. The van der Waals surface area contributed by atoms with Crippen LogP contribution in [-0.2, 0) is 0 Å². The minimum absolute atomic E-state index is 0.496. The van der Waals surface area contributed by atoms with Gasteiger partial charge in [0.05, 0.1) is 0 Å². The van der Waals surface area contributed by atoms with Gasteiger partial charge in [0.1, 0.15) is 0 Å². The molecule has 1 aliphatic heterocycles. The first-order valence-corrected chi connectivity index (χ1v) is 7.06. The van der Waals surface area contributed by atoms with Crippen LogP contribution in [0.4, 0.5) is 0 Å². The van der Waals surface area contributed by atoms with E-state index in [-0.39, 0.29) is 0 Å². The Hall–Kier alpha value is -0.860. The molecule has 1 heterocycles. The van der Waals surface area contributed by atoms with E-state index < -0.39 is 0 Å². The number of likely N-dealkylation sites (tertiary alicyclic amines) is 1. The van der Waals surface area contributed by atoms with Gasteiger partial charge in [-0.15, -0.1) is 0 Å². The topological polar surface area (TPSA) is 29.3 Å². The molecular formula is C16H26N2. The first kappa shape index (κ1) is 13.6. The molecule has 1 aromatic rings. The van der Waals surface area contributed by atoms with E-state index in [0.29, 0.717) is 18.0 Å². The molecule has 0 amide bonds. The van der Waals surface area contributed by atoms with Crippen molar-refractivity contribution in [2.24, 2.45) is 11.7 Å². The number of nitrogens with zero attached hydrogens (tertiary/aromatic N) is 1. The van der Waals surface area contributed by atoms with Gasteiger partial charge in [0.15, 0.2) is 0 Å². The van der Waals surface area contributed by atoms with Crippen LogP contribution >= 0.6 is 0 Å². The predicted octanol–water partition coefficient (Wildman–Crippen LogP) is 3.03. The SMILES string of the molecule is Cc1ccc(C(C)N2CC(CN)CC2C)cc1C. The van der Waals surface area contributed by atoms with E-state index in [2.05, 4.69) is 50.8 Å². The lowest BCUT2D eigenvalue weighted by Gasteiger charge is -2.29. The third-order valence-electron chi connectivity index (χ3n) is 4.55. The van der Waals surface area contributed by atoms with Gasteiger partial charge in [-0.05, 0) is 63.3 Å². The van der Waals surface area contributed by atoms with E-state index in [4.69, 9.17) is 5.73 Å². The van der Waals surface area contributed by atoms with Crippen LogP contribution in [0, 0.1) is 19.8 Å². The number of benzene rings is 1. The van der Waals surface area contributed by atoms with Crippen molar-refractivity contribution in [1.29, 1.82) is 0 Å². The minimum Gasteiger partial charge on any atom is -0.330 e. The molecule has 1 aliphatic rings. The molecule has 0 aromatic heterocycles. The highest BCUT2D eigenvalue weighted by molar-refractivity contribution is 5.31. The van der Waals surface area contributed by atoms with Gasteiger partial charge in [-0.25, -0.2) is 0 Å². The van der Waals surface area contributed by atoms with Gasteiger partial charge < -0.3 is 5.73 Å². The maximum atomic E-state index is 5.81. The average Bonchev–Trinajstić information content (AvgIpc) is 2.73. The molecule has 1 saturated heterocycles. The Morgan fingerprint density at radius 2 is 2.06 bits per heavy atom. The Morgan fingerprint density at radius 1 is 1.33 bits per heavy atom. The molecule has 3 unspecified atom stereocenters. The lowest BCUT2D eigenvalue weighted by atomic mass is 10.0. The van der Waals surface area contributed by atoms with E-state index in [1.54, 1.807) is 0 Å². The van der Waals surface area contributed by atoms with E-state index in [1.807, 2.05) is 0 Å². The summed E-state index contributed by atoms with van der Waals surface area (Å²) in [6.07, 6.45) is 1.24. The maximum absolute atomic E-state index is 5.81. The van der Waals surface area contributed by atoms with Crippen LogP contribution in [0.1, 0.15) is 43.0 Å². The molecule has 2 rings (SSSR count). The molecule has 2 N–H and O–H groups in total. The Kier molecular flexibility index (Phi) is 4.08. The molecule has 0 aliphatic carbocycles. The molecule has 2 heteroatoms. The summed E-state index contributed by atoms with van der Waals surface area (Å²) < 4.78 is 0. The van der Waals surface area contributed by atoms with Crippen molar-refractivity contribution in [2.75, 3.05) is 13.1 Å². The second-order valence-corrected chi connectivity index (χ2v) is 5.90. The fourth-order valence-corrected chi connectivity index (χ4v) is 3.10. The number of rotatable bonds is 3. The minimum atomic E-state index is 0.496. The fraction of sp³-hybridized carbons (Fsp3) is 0.625. The van der Waals surface area contributed by atoms with Crippen molar-refractivity contribution >= 4 is 0 Å². The molecule has 0 bridgehead atoms. The monoisotopic (exact) mass is 246 g/mol. The Labute approximate surface area is 111 Å². The summed E-state index contributed by atoms with van der Waals surface area (Å²) in [5.41, 5.74) is 10.0. The third kappa shape index (κ3) is 2.60. The molecule has 18 heavy (non-hydrogen) atoms. The summed E-state index contributed by atoms with van der Waals surface area (Å²) in [4.78, 5) is 2.60. The van der Waals surface area contributed by atoms with E-state index in [1.165, 1.54) is 23.1 Å². The van der Waals surface area contributed by atoms with Gasteiger partial charge in [0, 0.05) is 18.6 Å². The zero-order valence-corrected chi connectivity index (χ0v) is 12.1. The normalized spacial score (nSPS) is 26.5. The lowest BCUT2D eigenvalue weighted by molar-refractivity contribution is 0.200. The average molecular weight is 246 g/mol. The van der Waals surface area contributed by atoms with Gasteiger partial charge in [-0.1, -0.05) is 18.2 Å². The van der Waals surface area contributed by atoms with Crippen molar-refractivity contribution in [3.8, 4) is 0 Å². The van der Waals surface area contributed by atoms with E-state index in [0.717, 1.165) is 13.1 Å². The molecule has 0 saturated carbocycles. The van der Waals surface area contributed by atoms with Crippen molar-refractivity contribution in [3.63, 3.8) is 0 Å². The molecule has 2 nitrogen and oxygen atoms in total. The lowest BCUT2D eigenvalue weighted by Crippen LogP contribution is -2.30. The third-order valence-corrected chi connectivity index (χ3v) is 4.55. The van der Waals surface area contributed by atoms with Crippen LogP contribution in [0.3, 0.4) is 0 Å². The van der Waals surface area contributed by atoms with E-state index in [9.17, 15) is 0 Å². The highest BCUT2D eigenvalue weighted by Gasteiger charge is 2.31. The van der Waals surface area contributed by atoms with Crippen LogP contribution in [0.5, 0.6) is 0 Å².